The van der Waals surface area contributed by atoms with Crippen LogP contribution in [0.15, 0.2) is 91.7 Å². The first kappa shape index (κ1) is 29.1. The van der Waals surface area contributed by atoms with Crippen molar-refractivity contribution in [3.63, 3.8) is 0 Å². The average molecular weight is 548 g/mol. The Morgan fingerprint density at radius 1 is 0.618 bits per heavy atom. The van der Waals surface area contributed by atoms with E-state index in [-0.39, 0.29) is 24.8 Å². The fourth-order valence-corrected chi connectivity index (χ4v) is 14.3. The molecular formula is C30H40Cl2SiTi. The van der Waals surface area contributed by atoms with Gasteiger partial charge in [0, 0.05) is 0 Å². The Morgan fingerprint density at radius 3 is 1.24 bits per heavy atom. The van der Waals surface area contributed by atoms with Gasteiger partial charge in [-0.2, -0.15) is 0 Å². The van der Waals surface area contributed by atoms with Crippen molar-refractivity contribution in [2.45, 2.75) is 51.0 Å². The van der Waals surface area contributed by atoms with Crippen molar-refractivity contribution in [3.8, 4) is 0 Å². The van der Waals surface area contributed by atoms with Crippen LogP contribution in [-0.2, 0) is 14.0 Å². The molecule has 2 aromatic rings. The zero-order valence-electron chi connectivity index (χ0n) is 21.5. The molecule has 0 heterocycles. The summed E-state index contributed by atoms with van der Waals surface area (Å²) < 4.78 is 3.52. The van der Waals surface area contributed by atoms with E-state index in [9.17, 15) is 0 Å². The van der Waals surface area contributed by atoms with Gasteiger partial charge < -0.3 is 0 Å². The van der Waals surface area contributed by atoms with Gasteiger partial charge in [-0.05, 0) is 0 Å². The first-order valence-electron chi connectivity index (χ1n) is 12.1. The van der Waals surface area contributed by atoms with E-state index in [4.69, 9.17) is 0 Å². The van der Waals surface area contributed by atoms with E-state index in [1.165, 1.54) is 22.3 Å². The molecule has 2 aliphatic rings. The zero-order chi connectivity index (χ0) is 23.1. The average Bonchev–Trinajstić information content (AvgIpc) is 3.42. The summed E-state index contributed by atoms with van der Waals surface area (Å²) in [5.41, 5.74) is 9.01. The van der Waals surface area contributed by atoms with Gasteiger partial charge in [-0.15, -0.1) is 24.8 Å². The normalized spacial score (nSPS) is 16.5. The Hall–Kier alpha value is -1.09. The molecule has 0 fully saturated rings. The van der Waals surface area contributed by atoms with E-state index in [1.807, 2.05) is 0 Å². The molecule has 4 rings (SSSR count). The molecule has 0 aliphatic heterocycles. The molecule has 34 heavy (non-hydrogen) atoms. The monoisotopic (exact) mass is 546 g/mol. The van der Waals surface area contributed by atoms with Crippen LogP contribution in [0.4, 0.5) is 0 Å². The van der Waals surface area contributed by atoms with Crippen molar-refractivity contribution in [2.24, 2.45) is 11.8 Å². The van der Waals surface area contributed by atoms with Gasteiger partial charge in [0.25, 0.3) is 0 Å². The van der Waals surface area contributed by atoms with Crippen molar-refractivity contribution in [3.05, 3.63) is 103 Å². The Morgan fingerprint density at radius 2 is 0.941 bits per heavy atom. The first-order chi connectivity index (χ1) is 15.1. The second-order valence-corrected chi connectivity index (χ2v) is 30.3. The molecule has 0 N–H and O–H groups in total. The van der Waals surface area contributed by atoms with E-state index in [2.05, 4.69) is 119 Å². The van der Waals surface area contributed by atoms with E-state index in [0.29, 0.717) is 11.8 Å². The predicted octanol–water partition coefficient (Wildman–Crippen LogP) is 8.96. The largest absolute Gasteiger partial charge is 0.147 e. The molecule has 0 nitrogen and oxygen atoms in total. The molecule has 0 bridgehead atoms. The maximum Gasteiger partial charge on any atom is -0.147 e. The SMILES string of the molecule is CC(C)C1=CC(c2ccccc2)=[C]([Ti]([CH3])([CH3])(=[SiH2])[C]2=C(c3ccccc3)C=C(C(C)C)C2)C1.Cl.Cl. The van der Waals surface area contributed by atoms with Crippen LogP contribution in [0.2, 0.25) is 10.5 Å². The minimum atomic E-state index is -3.20. The van der Waals surface area contributed by atoms with Crippen LogP contribution in [0.5, 0.6) is 0 Å². The van der Waals surface area contributed by atoms with Gasteiger partial charge in [-0.3, -0.25) is 0 Å². The minimum Gasteiger partial charge on any atom is -0.147 e. The van der Waals surface area contributed by atoms with Crippen LogP contribution in [-0.4, -0.2) is 7.63 Å². The third kappa shape index (κ3) is 5.50. The summed E-state index contributed by atoms with van der Waals surface area (Å²) >= 11 is -3.20. The number of halogens is 2. The quantitative estimate of drug-likeness (QED) is 0.317. The van der Waals surface area contributed by atoms with Crippen molar-refractivity contribution in [1.82, 2.24) is 0 Å². The van der Waals surface area contributed by atoms with Crippen molar-refractivity contribution in [1.29, 1.82) is 0 Å². The third-order valence-electron chi connectivity index (χ3n) is 7.66. The smallest absolute Gasteiger partial charge is 0.147 e. The van der Waals surface area contributed by atoms with Gasteiger partial charge in [-0.25, -0.2) is 0 Å². The van der Waals surface area contributed by atoms with Crippen LogP contribution in [0, 0.1) is 11.8 Å². The second-order valence-electron chi connectivity index (χ2n) is 11.3. The summed E-state index contributed by atoms with van der Waals surface area (Å²) in [5, 5.41) is 5.36. The molecule has 2 aromatic carbocycles. The molecule has 2 aliphatic carbocycles. The standard InChI is InChI=1S/2C14H15.2CH3.2ClH.H2Si.Ti/c2*1-11(2)13-8-9-14(10-13)12-6-4-3-5-7-12;;;;;;/h2*3-7,10-11H,8H2,1-2H3;2*1H3;2*1H;1H2;. The fraction of sp³-hybridized carbons (Fsp3) is 0.333. The first-order valence-corrected chi connectivity index (χ1v) is 20.8. The van der Waals surface area contributed by atoms with Crippen LogP contribution in [0.1, 0.15) is 51.7 Å². The Labute approximate surface area is 222 Å². The van der Waals surface area contributed by atoms with Crippen LogP contribution < -0.4 is 0 Å². The van der Waals surface area contributed by atoms with Crippen LogP contribution >= 0.6 is 24.8 Å². The van der Waals surface area contributed by atoms with Gasteiger partial charge in [0.15, 0.2) is 0 Å². The Kier molecular flexibility index (Phi) is 9.34. The Bertz CT molecular complexity index is 1130. The second kappa shape index (κ2) is 10.9. The fourth-order valence-electron chi connectivity index (χ4n) is 5.35. The molecule has 4 heteroatoms. The number of allylic oxidation sites excluding steroid dienone is 8. The number of rotatable bonds is 6. The van der Waals surface area contributed by atoms with Crippen molar-refractivity contribution < 1.29 is 14.0 Å². The Balaban J connectivity index is 0.00000204. The molecule has 182 valence electrons. The summed E-state index contributed by atoms with van der Waals surface area (Å²) in [6, 6.07) is 22.2. The van der Waals surface area contributed by atoms with Crippen molar-refractivity contribution in [2.75, 3.05) is 0 Å². The van der Waals surface area contributed by atoms with E-state index in [1.54, 1.807) is 18.9 Å². The van der Waals surface area contributed by atoms with E-state index < -0.39 is 14.0 Å². The van der Waals surface area contributed by atoms with Crippen molar-refractivity contribution >= 4 is 43.6 Å². The van der Waals surface area contributed by atoms with Gasteiger partial charge >= 0.3 is 198 Å². The summed E-state index contributed by atoms with van der Waals surface area (Å²) in [6.07, 6.45) is 7.37. The molecule has 0 atom stereocenters. The molecule has 0 aromatic heterocycles. The number of hydrogen-bond donors (Lipinski definition) is 0. The zero-order valence-corrected chi connectivity index (χ0v) is 26.1. The molecule has 0 saturated carbocycles. The third-order valence-corrected chi connectivity index (χ3v) is 18.6. The van der Waals surface area contributed by atoms with Gasteiger partial charge in [0.2, 0.25) is 0 Å². The van der Waals surface area contributed by atoms with Gasteiger partial charge in [0.05, 0.1) is 0 Å². The molecule has 0 saturated heterocycles. The van der Waals surface area contributed by atoms with Gasteiger partial charge in [-0.1, -0.05) is 0 Å². The van der Waals surface area contributed by atoms with E-state index >= 15 is 0 Å². The molecular weight excluding hydrogens is 507 g/mol. The van der Waals surface area contributed by atoms with E-state index in [0.717, 1.165) is 12.8 Å². The molecule has 0 spiro atoms. The maximum absolute atomic E-state index is 3.20. The topological polar surface area (TPSA) is 0 Å². The summed E-state index contributed by atoms with van der Waals surface area (Å²) in [4.78, 5) is 0. The molecule has 0 amide bonds. The van der Waals surface area contributed by atoms with Crippen LogP contribution in [0.3, 0.4) is 0 Å². The number of hydrogen-bond acceptors (Lipinski definition) is 0. The molecule has 0 unspecified atom stereocenters. The maximum atomic E-state index is 2.68. The minimum absolute atomic E-state index is 0. The molecule has 0 radical (unpaired) electrons. The predicted molar refractivity (Wildman–Crippen MR) is 157 cm³/mol. The van der Waals surface area contributed by atoms with Crippen LogP contribution in [0.25, 0.3) is 11.1 Å². The van der Waals surface area contributed by atoms with Gasteiger partial charge in [0.1, 0.15) is 0 Å². The summed E-state index contributed by atoms with van der Waals surface area (Å²) in [6.45, 7) is 9.41. The summed E-state index contributed by atoms with van der Waals surface area (Å²) in [5.74, 6) is 1.18. The number of benzene rings is 2. The summed E-state index contributed by atoms with van der Waals surface area (Å²) in [7, 11) is 2.39.